The normalized spacial score (nSPS) is 21.3. The number of carboxylic acid groups (broad SMARTS) is 1. The van der Waals surface area contributed by atoms with Gasteiger partial charge in [0.25, 0.3) is 0 Å². The molecule has 1 aromatic carbocycles. The van der Waals surface area contributed by atoms with Crippen LogP contribution in [0.4, 0.5) is 0 Å². The maximum Gasteiger partial charge on any atom is 0.123 e. The summed E-state index contributed by atoms with van der Waals surface area (Å²) in [5, 5.41) is 13.3. The lowest BCUT2D eigenvalue weighted by atomic mass is 9.99. The zero-order valence-corrected chi connectivity index (χ0v) is 14.2. The third kappa shape index (κ3) is 4.39. The zero-order valence-electron chi connectivity index (χ0n) is 13.4. The minimum Gasteiger partial charge on any atom is -0.550 e. The van der Waals surface area contributed by atoms with Crippen molar-refractivity contribution in [1.82, 2.24) is 4.98 Å². The summed E-state index contributed by atoms with van der Waals surface area (Å²) in [6, 6.07) is 8.51. The van der Waals surface area contributed by atoms with Crippen molar-refractivity contribution in [3.05, 3.63) is 40.9 Å². The Hall–Kier alpha value is -1.72. The van der Waals surface area contributed by atoms with Crippen LogP contribution < -0.4 is 10.0 Å². The third-order valence-electron chi connectivity index (χ3n) is 4.51. The molecule has 0 unspecified atom stereocenters. The van der Waals surface area contributed by atoms with Crippen molar-refractivity contribution in [3.8, 4) is 10.6 Å². The SMILES string of the molecule is CC1CC[NH+](Cc2ccc(-c3nc(CC(=O)[O-])cs3)cc2)CC1. The van der Waals surface area contributed by atoms with Gasteiger partial charge in [-0.05, 0) is 18.8 Å². The predicted octanol–water partition coefficient (Wildman–Crippen LogP) is 0.917. The van der Waals surface area contributed by atoms with E-state index in [1.807, 2.05) is 0 Å². The van der Waals surface area contributed by atoms with Gasteiger partial charge in [-0.15, -0.1) is 11.3 Å². The van der Waals surface area contributed by atoms with Gasteiger partial charge in [-0.3, -0.25) is 0 Å². The highest BCUT2D eigenvalue weighted by Crippen LogP contribution is 2.24. The van der Waals surface area contributed by atoms with Gasteiger partial charge in [0.15, 0.2) is 0 Å². The van der Waals surface area contributed by atoms with Crippen molar-refractivity contribution in [2.75, 3.05) is 13.1 Å². The summed E-state index contributed by atoms with van der Waals surface area (Å²) in [6.07, 6.45) is 2.53. The Labute approximate surface area is 140 Å². The molecule has 0 spiro atoms. The monoisotopic (exact) mass is 330 g/mol. The summed E-state index contributed by atoms with van der Waals surface area (Å²) in [5.74, 6) is -0.211. The van der Waals surface area contributed by atoms with Crippen molar-refractivity contribution < 1.29 is 14.8 Å². The molecule has 1 aliphatic heterocycles. The summed E-state index contributed by atoms with van der Waals surface area (Å²) in [5.41, 5.74) is 2.97. The predicted molar refractivity (Wildman–Crippen MR) is 89.1 cm³/mol. The van der Waals surface area contributed by atoms with Crippen LogP contribution in [-0.4, -0.2) is 24.0 Å². The first-order valence-corrected chi connectivity index (χ1v) is 9.05. The molecule has 23 heavy (non-hydrogen) atoms. The van der Waals surface area contributed by atoms with Gasteiger partial charge in [-0.25, -0.2) is 4.98 Å². The maximum absolute atomic E-state index is 10.6. The van der Waals surface area contributed by atoms with E-state index in [1.165, 1.54) is 42.8 Å². The molecule has 0 aliphatic carbocycles. The molecule has 0 bridgehead atoms. The molecule has 1 aliphatic rings. The highest BCUT2D eigenvalue weighted by atomic mass is 32.1. The van der Waals surface area contributed by atoms with Gasteiger partial charge >= 0.3 is 0 Å². The van der Waals surface area contributed by atoms with Gasteiger partial charge in [0.2, 0.25) is 0 Å². The Balaban J connectivity index is 1.62. The largest absolute Gasteiger partial charge is 0.550 e. The second-order valence-electron chi connectivity index (χ2n) is 6.50. The number of nitrogens with zero attached hydrogens (tertiary/aromatic N) is 1. The number of carboxylic acids is 1. The Morgan fingerprint density at radius 1 is 1.30 bits per heavy atom. The summed E-state index contributed by atoms with van der Waals surface area (Å²) in [4.78, 5) is 16.7. The minimum atomic E-state index is -1.09. The van der Waals surface area contributed by atoms with Crippen LogP contribution in [-0.2, 0) is 17.8 Å². The van der Waals surface area contributed by atoms with E-state index in [2.05, 4.69) is 36.2 Å². The molecule has 0 radical (unpaired) electrons. The van der Waals surface area contributed by atoms with Crippen LogP contribution in [0, 0.1) is 5.92 Å². The molecule has 0 saturated carbocycles. The van der Waals surface area contributed by atoms with Crippen molar-refractivity contribution in [1.29, 1.82) is 0 Å². The third-order valence-corrected chi connectivity index (χ3v) is 5.45. The van der Waals surface area contributed by atoms with E-state index in [4.69, 9.17) is 0 Å². The number of likely N-dealkylation sites (tertiary alicyclic amines) is 1. The molecule has 2 aromatic rings. The van der Waals surface area contributed by atoms with Gasteiger partial charge in [0.05, 0.1) is 18.8 Å². The average Bonchev–Trinajstić information content (AvgIpc) is 2.98. The van der Waals surface area contributed by atoms with Crippen LogP contribution in [0.25, 0.3) is 10.6 Å². The number of aliphatic carboxylic acids is 1. The number of nitrogens with one attached hydrogen (secondary N) is 1. The molecular formula is C18H22N2O2S. The standard InChI is InChI=1S/C18H22N2O2S/c1-13-6-8-20(9-7-13)11-14-2-4-15(5-3-14)18-19-16(12-23-18)10-17(21)22/h2-5,12-13H,6-11H2,1H3,(H,21,22). The number of rotatable bonds is 5. The molecule has 2 heterocycles. The molecule has 1 fully saturated rings. The number of aromatic nitrogens is 1. The number of hydrogen-bond acceptors (Lipinski definition) is 4. The Morgan fingerprint density at radius 3 is 2.65 bits per heavy atom. The Bertz CT molecular complexity index is 658. The van der Waals surface area contributed by atoms with Crippen LogP contribution in [0.15, 0.2) is 29.6 Å². The van der Waals surface area contributed by atoms with Crippen molar-refractivity contribution in [3.63, 3.8) is 0 Å². The number of carbonyl (C=O) groups excluding carboxylic acids is 1. The average molecular weight is 330 g/mol. The van der Waals surface area contributed by atoms with Gasteiger partial charge in [0, 0.05) is 28.9 Å². The number of piperidine rings is 1. The fraction of sp³-hybridized carbons (Fsp3) is 0.444. The number of carbonyl (C=O) groups is 1. The number of thiazole rings is 1. The van der Waals surface area contributed by atoms with Crippen LogP contribution in [0.1, 0.15) is 31.0 Å². The highest BCUT2D eigenvalue weighted by molar-refractivity contribution is 7.13. The molecule has 122 valence electrons. The number of quaternary nitrogens is 1. The second kappa shape index (κ2) is 7.23. The maximum atomic E-state index is 10.6. The molecule has 1 aromatic heterocycles. The number of hydrogen-bond donors (Lipinski definition) is 1. The van der Waals surface area contributed by atoms with Crippen molar-refractivity contribution >= 4 is 17.3 Å². The quantitative estimate of drug-likeness (QED) is 0.887. The lowest BCUT2D eigenvalue weighted by Gasteiger charge is -2.27. The molecule has 0 amide bonds. The van der Waals surface area contributed by atoms with E-state index in [9.17, 15) is 9.90 Å². The molecular weight excluding hydrogens is 308 g/mol. The fourth-order valence-electron chi connectivity index (χ4n) is 3.07. The topological polar surface area (TPSA) is 57.5 Å². The molecule has 1 N–H and O–H groups in total. The summed E-state index contributed by atoms with van der Waals surface area (Å²) in [7, 11) is 0. The molecule has 3 rings (SSSR count). The van der Waals surface area contributed by atoms with Crippen LogP contribution >= 0.6 is 11.3 Å². The Kier molecular flexibility index (Phi) is 5.08. The van der Waals surface area contributed by atoms with Crippen LogP contribution in [0.5, 0.6) is 0 Å². The summed E-state index contributed by atoms with van der Waals surface area (Å²) in [6.45, 7) is 5.96. The van der Waals surface area contributed by atoms with Crippen molar-refractivity contribution in [2.24, 2.45) is 5.92 Å². The van der Waals surface area contributed by atoms with Crippen LogP contribution in [0.2, 0.25) is 0 Å². The first-order valence-electron chi connectivity index (χ1n) is 8.17. The zero-order chi connectivity index (χ0) is 16.2. The van der Waals surface area contributed by atoms with E-state index < -0.39 is 5.97 Å². The smallest absolute Gasteiger partial charge is 0.123 e. The van der Waals surface area contributed by atoms with Gasteiger partial charge in [-0.2, -0.15) is 0 Å². The summed E-state index contributed by atoms with van der Waals surface area (Å²) >= 11 is 1.48. The van der Waals surface area contributed by atoms with Crippen molar-refractivity contribution in [2.45, 2.75) is 32.7 Å². The van der Waals surface area contributed by atoms with E-state index in [1.54, 1.807) is 10.3 Å². The Morgan fingerprint density at radius 2 is 2.00 bits per heavy atom. The number of benzene rings is 1. The van der Waals surface area contributed by atoms with Gasteiger partial charge in [0.1, 0.15) is 11.6 Å². The lowest BCUT2D eigenvalue weighted by Crippen LogP contribution is -3.11. The highest BCUT2D eigenvalue weighted by Gasteiger charge is 2.18. The van der Waals surface area contributed by atoms with Gasteiger partial charge in [-0.1, -0.05) is 31.2 Å². The fourth-order valence-corrected chi connectivity index (χ4v) is 3.90. The first-order chi connectivity index (χ1) is 11.1. The van der Waals surface area contributed by atoms with Crippen LogP contribution in [0.3, 0.4) is 0 Å². The molecule has 1 saturated heterocycles. The van der Waals surface area contributed by atoms with E-state index in [0.717, 1.165) is 23.0 Å². The molecule has 0 atom stereocenters. The van der Waals surface area contributed by atoms with E-state index in [0.29, 0.717) is 5.69 Å². The van der Waals surface area contributed by atoms with E-state index in [-0.39, 0.29) is 6.42 Å². The summed E-state index contributed by atoms with van der Waals surface area (Å²) < 4.78 is 0. The second-order valence-corrected chi connectivity index (χ2v) is 7.36. The molecule has 5 heteroatoms. The minimum absolute atomic E-state index is 0.120. The van der Waals surface area contributed by atoms with Gasteiger partial charge < -0.3 is 14.8 Å². The molecule has 4 nitrogen and oxygen atoms in total. The first kappa shape index (κ1) is 16.1. The lowest BCUT2D eigenvalue weighted by molar-refractivity contribution is -0.919. The van der Waals surface area contributed by atoms with E-state index >= 15 is 0 Å².